The zero-order valence-corrected chi connectivity index (χ0v) is 29.5. The second kappa shape index (κ2) is 13.2. The number of amides is 3. The highest BCUT2D eigenvalue weighted by molar-refractivity contribution is 6.06. The van der Waals surface area contributed by atoms with Gasteiger partial charge < -0.3 is 20.3 Å². The third-order valence-electron chi connectivity index (χ3n) is 10.2. The topological polar surface area (TPSA) is 161 Å². The summed E-state index contributed by atoms with van der Waals surface area (Å²) in [5.74, 6) is -1.50. The number of hydrogen-bond donors (Lipinski definition) is 2. The average molecular weight is 731 g/mol. The first-order valence-electron chi connectivity index (χ1n) is 17.1. The van der Waals surface area contributed by atoms with E-state index in [0.29, 0.717) is 23.1 Å². The van der Waals surface area contributed by atoms with Crippen molar-refractivity contribution in [3.8, 4) is 11.1 Å². The van der Waals surface area contributed by atoms with E-state index >= 15 is 0 Å². The molecule has 3 amide bonds. The molecule has 4 aromatic rings. The lowest BCUT2D eigenvalue weighted by atomic mass is 9.91. The van der Waals surface area contributed by atoms with E-state index in [4.69, 9.17) is 4.74 Å². The van der Waals surface area contributed by atoms with Gasteiger partial charge >= 0.3 is 6.18 Å². The number of piperidine rings is 1. The van der Waals surface area contributed by atoms with Crippen LogP contribution in [0, 0.1) is 17.8 Å². The predicted octanol–water partition coefficient (Wildman–Crippen LogP) is 4.65. The summed E-state index contributed by atoms with van der Waals surface area (Å²) < 4.78 is 48.2. The summed E-state index contributed by atoms with van der Waals surface area (Å²) in [6, 6.07) is 5.79. The first-order chi connectivity index (χ1) is 25.1. The Morgan fingerprint density at radius 1 is 1.06 bits per heavy atom. The van der Waals surface area contributed by atoms with Crippen molar-refractivity contribution < 1.29 is 37.1 Å². The van der Waals surface area contributed by atoms with Crippen molar-refractivity contribution in [1.82, 2.24) is 34.9 Å². The van der Waals surface area contributed by atoms with Gasteiger partial charge in [0.25, 0.3) is 0 Å². The molecule has 3 atom stereocenters. The number of ether oxygens (including phenoxy) is 1. The number of rotatable bonds is 4. The van der Waals surface area contributed by atoms with Crippen molar-refractivity contribution in [2.45, 2.75) is 71.9 Å². The van der Waals surface area contributed by atoms with E-state index in [1.807, 2.05) is 0 Å². The Labute approximate surface area is 302 Å². The van der Waals surface area contributed by atoms with Gasteiger partial charge in [0, 0.05) is 53.8 Å². The summed E-state index contributed by atoms with van der Waals surface area (Å²) in [6.45, 7) is 6.34. The van der Waals surface area contributed by atoms with Crippen molar-refractivity contribution in [2.75, 3.05) is 18.5 Å². The Morgan fingerprint density at radius 3 is 2.53 bits per heavy atom. The number of alkyl halides is 3. The minimum atomic E-state index is -4.77. The van der Waals surface area contributed by atoms with E-state index in [-0.39, 0.29) is 61.5 Å². The molecule has 1 aliphatic carbocycles. The molecule has 5 heterocycles. The number of nitrogens with one attached hydrogen (secondary N) is 2. The molecule has 2 fully saturated rings. The molecule has 1 saturated carbocycles. The van der Waals surface area contributed by atoms with Gasteiger partial charge in [-0.05, 0) is 57.4 Å². The number of fused-ring (bicyclic) bond motifs is 3. The van der Waals surface area contributed by atoms with Crippen molar-refractivity contribution in [2.24, 2.45) is 10.8 Å². The van der Waals surface area contributed by atoms with Gasteiger partial charge in [0.05, 0.1) is 24.1 Å². The summed E-state index contributed by atoms with van der Waals surface area (Å²) in [6.07, 6.45) is 2.56. The van der Waals surface area contributed by atoms with E-state index in [2.05, 4.69) is 30.7 Å². The molecule has 3 aliphatic rings. The normalized spacial score (nSPS) is 23.5. The maximum Gasteiger partial charge on any atom is 0.433 e. The Balaban J connectivity index is 1.23. The SMILES string of the molecule is CC(=O)c1nn(CC(=O)N2[C@H]3C[C@@]4(CNC(=O)C(C)(C)/C=C/COCc5ccc(C(F)(F)F)nc5NC3=O)C[C@@H]24)c2ccc(-c3cnc(C)nc3)cc12. The standard InChI is InChI=1S/C37H37F3N8O5/c1-20(49)31-25-12-22(24-15-41-21(2)42-16-24)6-8-26(25)47(46-31)17-30(50)48-27-13-36(14-29(36)48)19-43-34(52)35(3,4)10-5-11-53-18-23-7-9-28(37(38,39)40)44-32(23)45-33(27)51/h5-10,12,15-16,27,29H,11,13-14,17-19H2,1-4H3,(H,43,52)(H,44,45,51)/b10-5+/t27-,29+,36-/m0/s1. The van der Waals surface area contributed by atoms with Gasteiger partial charge in [0.15, 0.2) is 5.78 Å². The summed E-state index contributed by atoms with van der Waals surface area (Å²) in [4.78, 5) is 68.0. The highest BCUT2D eigenvalue weighted by atomic mass is 19.4. The molecular weight excluding hydrogens is 693 g/mol. The second-order valence-corrected chi connectivity index (χ2v) is 14.4. The quantitative estimate of drug-likeness (QED) is 0.225. The second-order valence-electron chi connectivity index (χ2n) is 14.4. The van der Waals surface area contributed by atoms with Gasteiger partial charge in [-0.15, -0.1) is 0 Å². The van der Waals surface area contributed by atoms with Crippen LogP contribution < -0.4 is 10.6 Å². The Morgan fingerprint density at radius 2 is 1.81 bits per heavy atom. The summed E-state index contributed by atoms with van der Waals surface area (Å²) in [5, 5.41) is 10.6. The molecule has 2 bridgehead atoms. The van der Waals surface area contributed by atoms with E-state index in [9.17, 15) is 32.3 Å². The Hall–Kier alpha value is -5.51. The zero-order valence-electron chi connectivity index (χ0n) is 29.5. The zero-order chi connectivity index (χ0) is 37.9. The van der Waals surface area contributed by atoms with Gasteiger partial charge in [-0.1, -0.05) is 24.3 Å². The van der Waals surface area contributed by atoms with Crippen molar-refractivity contribution in [3.05, 3.63) is 77.7 Å². The summed E-state index contributed by atoms with van der Waals surface area (Å²) in [7, 11) is 0. The number of aryl methyl sites for hydroxylation is 1. The predicted molar refractivity (Wildman–Crippen MR) is 185 cm³/mol. The fourth-order valence-corrected chi connectivity index (χ4v) is 7.17. The number of likely N-dealkylation sites (tertiary alicyclic amines) is 1. The van der Waals surface area contributed by atoms with Crippen LogP contribution in [0.3, 0.4) is 0 Å². The number of nitrogens with zero attached hydrogens (tertiary/aromatic N) is 6. The number of pyridine rings is 1. The number of anilines is 1. The maximum absolute atomic E-state index is 14.3. The number of carbonyl (C=O) groups is 4. The third-order valence-corrected chi connectivity index (χ3v) is 10.2. The molecule has 1 spiro atoms. The van der Waals surface area contributed by atoms with Crippen LogP contribution in [-0.4, -0.2) is 78.4 Å². The minimum Gasteiger partial charge on any atom is -0.373 e. The number of benzene rings is 1. The first-order valence-corrected chi connectivity index (χ1v) is 17.1. The number of aromatic nitrogens is 5. The molecule has 1 saturated heterocycles. The minimum absolute atomic E-state index is 0.0527. The van der Waals surface area contributed by atoms with Gasteiger partial charge in [-0.2, -0.15) is 18.3 Å². The fourth-order valence-electron chi connectivity index (χ4n) is 7.17. The number of Topliss-reactive ketones (excluding diaryl/α,β-unsaturated/α-hetero) is 1. The van der Waals surface area contributed by atoms with Crippen LogP contribution in [0.25, 0.3) is 22.0 Å². The number of carbonyl (C=O) groups excluding carboxylic acids is 4. The largest absolute Gasteiger partial charge is 0.433 e. The average Bonchev–Trinajstić information content (AvgIpc) is 3.52. The van der Waals surface area contributed by atoms with Gasteiger partial charge in [-0.25, -0.2) is 15.0 Å². The first kappa shape index (κ1) is 35.9. The molecular formula is C37H37F3N8O5. The summed E-state index contributed by atoms with van der Waals surface area (Å²) >= 11 is 0. The molecule has 53 heavy (non-hydrogen) atoms. The molecule has 0 unspecified atom stereocenters. The monoisotopic (exact) mass is 730 g/mol. The molecule has 276 valence electrons. The van der Waals surface area contributed by atoms with Crippen LogP contribution in [0.15, 0.2) is 54.9 Å². The molecule has 16 heteroatoms. The van der Waals surface area contributed by atoms with E-state index in [1.54, 1.807) is 63.5 Å². The molecule has 1 aromatic carbocycles. The maximum atomic E-state index is 14.3. The Bertz CT molecular complexity index is 2180. The van der Waals surface area contributed by atoms with Crippen molar-refractivity contribution in [1.29, 1.82) is 0 Å². The highest BCUT2D eigenvalue weighted by Crippen LogP contribution is 2.59. The van der Waals surface area contributed by atoms with Crippen LogP contribution in [0.4, 0.5) is 19.0 Å². The Kier molecular flexibility index (Phi) is 8.91. The number of halogens is 3. The van der Waals surface area contributed by atoms with E-state index < -0.39 is 46.6 Å². The molecule has 7 rings (SSSR count). The molecule has 2 N–H and O–H groups in total. The van der Waals surface area contributed by atoms with E-state index in [1.165, 1.54) is 22.6 Å². The molecule has 13 nitrogen and oxygen atoms in total. The lowest BCUT2D eigenvalue weighted by molar-refractivity contribution is -0.141. The van der Waals surface area contributed by atoms with Gasteiger partial charge in [0.1, 0.15) is 35.6 Å². The number of ketones is 1. The molecule has 0 radical (unpaired) electrons. The fraction of sp³-hybridized carbons (Fsp3) is 0.405. The van der Waals surface area contributed by atoms with Crippen LogP contribution >= 0.6 is 0 Å². The highest BCUT2D eigenvalue weighted by Gasteiger charge is 2.67. The molecule has 2 aliphatic heterocycles. The van der Waals surface area contributed by atoms with Crippen molar-refractivity contribution in [3.63, 3.8) is 0 Å². The van der Waals surface area contributed by atoms with Crippen molar-refractivity contribution >= 4 is 40.2 Å². The third kappa shape index (κ3) is 6.90. The lowest BCUT2D eigenvalue weighted by Crippen LogP contribution is -2.47. The van der Waals surface area contributed by atoms with Crippen LogP contribution in [0.1, 0.15) is 61.2 Å². The number of hydrogen-bond acceptors (Lipinski definition) is 9. The summed E-state index contributed by atoms with van der Waals surface area (Å²) in [5.41, 5.74) is -0.419. The van der Waals surface area contributed by atoms with E-state index in [0.717, 1.165) is 17.2 Å². The van der Waals surface area contributed by atoms with Gasteiger partial charge in [-0.3, -0.25) is 23.9 Å². The van der Waals surface area contributed by atoms with Crippen LogP contribution in [0.2, 0.25) is 0 Å². The van der Waals surface area contributed by atoms with Crippen LogP contribution in [-0.2, 0) is 38.4 Å². The van der Waals surface area contributed by atoms with Crippen LogP contribution in [0.5, 0.6) is 0 Å². The molecule has 3 aromatic heterocycles. The smallest absolute Gasteiger partial charge is 0.373 e. The van der Waals surface area contributed by atoms with Gasteiger partial charge in [0.2, 0.25) is 17.7 Å². The lowest BCUT2D eigenvalue weighted by Gasteiger charge is -2.27.